The lowest BCUT2D eigenvalue weighted by Crippen LogP contribution is -3.14. The molecule has 1 saturated heterocycles. The van der Waals surface area contributed by atoms with E-state index < -0.39 is 0 Å². The van der Waals surface area contributed by atoms with Gasteiger partial charge in [0.05, 0.1) is 44.1 Å². The number of nitrogens with one attached hydrogen (secondary N) is 1. The molecule has 1 N–H and O–H groups in total. The van der Waals surface area contributed by atoms with Gasteiger partial charge in [-0.1, -0.05) is 37.3 Å². The molecule has 0 amide bonds. The van der Waals surface area contributed by atoms with Crippen LogP contribution in [0.2, 0.25) is 0 Å². The molecule has 0 spiro atoms. The Balaban J connectivity index is 1.58. The second-order valence-electron chi connectivity index (χ2n) is 8.16. The van der Waals surface area contributed by atoms with E-state index in [-0.39, 0.29) is 5.82 Å². The fraction of sp³-hybridized carbons (Fsp3) is 0.280. The number of quaternary nitrogens is 1. The summed E-state index contributed by atoms with van der Waals surface area (Å²) in [6.07, 6.45) is 1.22. The Hall–Kier alpha value is -3.25. The van der Waals surface area contributed by atoms with Crippen molar-refractivity contribution in [2.75, 3.05) is 37.6 Å². The average Bonchev–Trinajstić information content (AvgIpc) is 3.24. The van der Waals surface area contributed by atoms with Crippen LogP contribution in [-0.4, -0.2) is 47.3 Å². The predicted molar refractivity (Wildman–Crippen MR) is 122 cm³/mol. The van der Waals surface area contributed by atoms with Crippen LogP contribution in [0.3, 0.4) is 0 Å². The van der Waals surface area contributed by atoms with Gasteiger partial charge in [-0.2, -0.15) is 9.61 Å². The Labute approximate surface area is 181 Å². The van der Waals surface area contributed by atoms with Gasteiger partial charge in [-0.05, 0) is 30.7 Å². The molecule has 0 bridgehead atoms. The summed E-state index contributed by atoms with van der Waals surface area (Å²) in [6.45, 7) is 7.72. The zero-order chi connectivity index (χ0) is 21.2. The first-order valence-corrected chi connectivity index (χ1v) is 11.0. The van der Waals surface area contributed by atoms with Gasteiger partial charge in [-0.15, -0.1) is 0 Å². The van der Waals surface area contributed by atoms with Crippen molar-refractivity contribution >= 4 is 11.5 Å². The van der Waals surface area contributed by atoms with Crippen molar-refractivity contribution in [3.8, 4) is 22.5 Å². The monoisotopic (exact) mass is 416 g/mol. The molecule has 31 heavy (non-hydrogen) atoms. The third-order valence-corrected chi connectivity index (χ3v) is 6.02. The van der Waals surface area contributed by atoms with E-state index in [0.29, 0.717) is 0 Å². The van der Waals surface area contributed by atoms with E-state index in [1.807, 2.05) is 28.8 Å². The molecule has 4 aromatic rings. The highest BCUT2D eigenvalue weighted by atomic mass is 19.1. The van der Waals surface area contributed by atoms with Crippen molar-refractivity contribution < 1.29 is 9.29 Å². The third-order valence-electron chi connectivity index (χ3n) is 6.02. The van der Waals surface area contributed by atoms with Crippen LogP contribution in [0.15, 0.2) is 66.7 Å². The average molecular weight is 417 g/mol. The summed E-state index contributed by atoms with van der Waals surface area (Å²) in [7, 11) is 0. The van der Waals surface area contributed by atoms with Crippen LogP contribution in [-0.2, 0) is 0 Å². The molecule has 2 aromatic heterocycles. The Morgan fingerprint density at radius 1 is 0.903 bits per heavy atom. The lowest BCUT2D eigenvalue weighted by molar-refractivity contribution is -0.900. The highest BCUT2D eigenvalue weighted by Gasteiger charge is 2.23. The van der Waals surface area contributed by atoms with E-state index in [4.69, 9.17) is 10.1 Å². The minimum absolute atomic E-state index is 0.245. The zero-order valence-electron chi connectivity index (χ0n) is 17.8. The van der Waals surface area contributed by atoms with E-state index in [1.165, 1.54) is 25.1 Å². The Kier molecular flexibility index (Phi) is 5.38. The topological polar surface area (TPSA) is 37.9 Å². The normalized spacial score (nSPS) is 15.0. The molecule has 5 nitrogen and oxygen atoms in total. The number of benzene rings is 2. The van der Waals surface area contributed by atoms with Crippen LogP contribution in [0.4, 0.5) is 10.2 Å². The highest BCUT2D eigenvalue weighted by Crippen LogP contribution is 2.27. The SMILES string of the molecule is CCC[NH+]1CCN(c2cc(-c3ccccc3)nc3cc(-c4ccc(F)cc4)nn23)CC1. The number of aromatic nitrogens is 3. The number of hydrogen-bond acceptors (Lipinski definition) is 3. The second-order valence-corrected chi connectivity index (χ2v) is 8.16. The van der Waals surface area contributed by atoms with Gasteiger partial charge in [0.1, 0.15) is 11.6 Å². The van der Waals surface area contributed by atoms with Gasteiger partial charge in [0.2, 0.25) is 0 Å². The quantitative estimate of drug-likeness (QED) is 0.542. The summed E-state index contributed by atoms with van der Waals surface area (Å²) in [4.78, 5) is 8.99. The minimum Gasteiger partial charge on any atom is -0.345 e. The first-order valence-electron chi connectivity index (χ1n) is 11.0. The fourth-order valence-electron chi connectivity index (χ4n) is 4.36. The summed E-state index contributed by atoms with van der Waals surface area (Å²) in [5.74, 6) is 0.818. The summed E-state index contributed by atoms with van der Waals surface area (Å²) in [6, 6.07) is 20.9. The van der Waals surface area contributed by atoms with Crippen LogP contribution in [0.25, 0.3) is 28.2 Å². The van der Waals surface area contributed by atoms with Crippen molar-refractivity contribution in [1.82, 2.24) is 14.6 Å². The van der Waals surface area contributed by atoms with E-state index in [0.717, 1.165) is 60.2 Å². The van der Waals surface area contributed by atoms with Crippen molar-refractivity contribution in [2.45, 2.75) is 13.3 Å². The van der Waals surface area contributed by atoms with Gasteiger partial charge < -0.3 is 9.80 Å². The number of hydrogen-bond donors (Lipinski definition) is 1. The maximum atomic E-state index is 13.4. The predicted octanol–water partition coefficient (Wildman–Crippen LogP) is 3.32. The Morgan fingerprint density at radius 3 is 2.32 bits per heavy atom. The molecule has 1 fully saturated rings. The standard InChI is InChI=1S/C25H26FN5/c1-2-12-29-13-15-30(16-14-29)25-18-22(19-6-4-3-5-7-19)27-24-17-23(28-31(24)25)20-8-10-21(26)11-9-20/h3-11,17-18H,2,12-16H2,1H3/p+1. The van der Waals surface area contributed by atoms with Gasteiger partial charge in [0, 0.05) is 23.3 Å². The van der Waals surface area contributed by atoms with E-state index in [9.17, 15) is 4.39 Å². The molecule has 1 aliphatic rings. The number of piperazine rings is 1. The molecule has 6 heteroatoms. The van der Waals surface area contributed by atoms with Gasteiger partial charge in [0.25, 0.3) is 0 Å². The first-order chi connectivity index (χ1) is 15.2. The number of rotatable bonds is 5. The largest absolute Gasteiger partial charge is 0.345 e. The van der Waals surface area contributed by atoms with E-state index >= 15 is 0 Å². The number of nitrogens with zero attached hydrogens (tertiary/aromatic N) is 4. The summed E-state index contributed by atoms with van der Waals surface area (Å²) in [5, 5.41) is 4.86. The van der Waals surface area contributed by atoms with Crippen molar-refractivity contribution in [2.24, 2.45) is 0 Å². The molecule has 0 atom stereocenters. The summed E-state index contributed by atoms with van der Waals surface area (Å²) < 4.78 is 15.3. The van der Waals surface area contributed by atoms with Gasteiger partial charge in [-0.25, -0.2) is 9.37 Å². The molecule has 158 valence electrons. The molecule has 0 unspecified atom stereocenters. The fourth-order valence-corrected chi connectivity index (χ4v) is 4.36. The maximum absolute atomic E-state index is 13.4. The molecule has 1 aliphatic heterocycles. The molecular formula is C25H27FN5+. The van der Waals surface area contributed by atoms with Crippen molar-refractivity contribution in [3.63, 3.8) is 0 Å². The molecule has 2 aromatic carbocycles. The Bertz CT molecular complexity index is 1160. The lowest BCUT2D eigenvalue weighted by atomic mass is 10.1. The number of halogens is 1. The summed E-state index contributed by atoms with van der Waals surface area (Å²) >= 11 is 0. The summed E-state index contributed by atoms with van der Waals surface area (Å²) in [5.41, 5.74) is 4.52. The van der Waals surface area contributed by atoms with Crippen LogP contribution >= 0.6 is 0 Å². The van der Waals surface area contributed by atoms with Crippen LogP contribution in [0.1, 0.15) is 13.3 Å². The van der Waals surface area contributed by atoms with E-state index in [2.05, 4.69) is 30.0 Å². The molecule has 0 saturated carbocycles. The molecule has 3 heterocycles. The van der Waals surface area contributed by atoms with Crippen LogP contribution in [0, 0.1) is 5.82 Å². The highest BCUT2D eigenvalue weighted by molar-refractivity contribution is 5.71. The van der Waals surface area contributed by atoms with Gasteiger partial charge in [-0.3, -0.25) is 0 Å². The number of anilines is 1. The number of fused-ring (bicyclic) bond motifs is 1. The molecule has 5 rings (SSSR count). The van der Waals surface area contributed by atoms with Crippen LogP contribution in [0.5, 0.6) is 0 Å². The maximum Gasteiger partial charge on any atom is 0.158 e. The zero-order valence-corrected chi connectivity index (χ0v) is 17.8. The smallest absolute Gasteiger partial charge is 0.158 e. The Morgan fingerprint density at radius 2 is 1.61 bits per heavy atom. The minimum atomic E-state index is -0.245. The van der Waals surface area contributed by atoms with Crippen molar-refractivity contribution in [3.05, 3.63) is 72.5 Å². The molecular weight excluding hydrogens is 389 g/mol. The van der Waals surface area contributed by atoms with Crippen molar-refractivity contribution in [1.29, 1.82) is 0 Å². The lowest BCUT2D eigenvalue weighted by Gasteiger charge is -2.33. The van der Waals surface area contributed by atoms with Gasteiger partial charge in [0.15, 0.2) is 5.65 Å². The third kappa shape index (κ3) is 4.03. The van der Waals surface area contributed by atoms with E-state index in [1.54, 1.807) is 17.0 Å². The molecule has 0 aliphatic carbocycles. The second kappa shape index (κ2) is 8.47. The van der Waals surface area contributed by atoms with Crippen LogP contribution < -0.4 is 9.80 Å². The first kappa shape index (κ1) is 19.7. The molecule has 0 radical (unpaired) electrons. The van der Waals surface area contributed by atoms with Gasteiger partial charge >= 0.3 is 0 Å².